The average Bonchev–Trinajstić information content (AvgIpc) is 2.68. The number of hydrogen-bond acceptors (Lipinski definition) is 5. The molecule has 0 aliphatic carbocycles. The highest BCUT2D eigenvalue weighted by Crippen LogP contribution is 2.36. The van der Waals surface area contributed by atoms with Crippen molar-refractivity contribution in [2.45, 2.75) is 18.9 Å². The molecule has 0 amide bonds. The van der Waals surface area contributed by atoms with Gasteiger partial charge < -0.3 is 15.0 Å². The van der Waals surface area contributed by atoms with Crippen LogP contribution in [0.2, 0.25) is 0 Å². The molecule has 0 spiro atoms. The van der Waals surface area contributed by atoms with Crippen LogP contribution in [-0.2, 0) is 0 Å². The summed E-state index contributed by atoms with van der Waals surface area (Å²) < 4.78 is 6.55. The van der Waals surface area contributed by atoms with E-state index in [0.717, 1.165) is 57.6 Å². The van der Waals surface area contributed by atoms with Crippen molar-refractivity contribution in [3.63, 3.8) is 0 Å². The van der Waals surface area contributed by atoms with Gasteiger partial charge in [0.15, 0.2) is 5.82 Å². The van der Waals surface area contributed by atoms with Gasteiger partial charge in [-0.2, -0.15) is 0 Å². The Bertz CT molecular complexity index is 962. The van der Waals surface area contributed by atoms with Crippen LogP contribution in [0.25, 0.3) is 22.0 Å². The number of halogens is 1. The van der Waals surface area contributed by atoms with Crippen LogP contribution in [-0.4, -0.2) is 48.4 Å². The number of hydrogen-bond donors (Lipinski definition) is 1. The minimum Gasteiger partial charge on any atom is -0.496 e. The zero-order valence-electron chi connectivity index (χ0n) is 15.6. The van der Waals surface area contributed by atoms with Gasteiger partial charge in [0.25, 0.3) is 0 Å². The molecule has 1 aromatic heterocycles. The van der Waals surface area contributed by atoms with Gasteiger partial charge in [0.2, 0.25) is 0 Å². The minimum atomic E-state index is 0.398. The fraction of sp³-hybridized carbons (Fsp3) is 0.333. The van der Waals surface area contributed by atoms with Crippen LogP contribution in [0.3, 0.4) is 0 Å². The van der Waals surface area contributed by atoms with E-state index in [1.807, 2.05) is 30.3 Å². The van der Waals surface area contributed by atoms with E-state index in [1.54, 1.807) is 7.11 Å². The number of fused-ring (bicyclic) bond motifs is 1. The number of methoxy groups -OCH3 is 1. The lowest BCUT2D eigenvalue weighted by Gasteiger charge is -2.30. The number of benzene rings is 2. The summed E-state index contributed by atoms with van der Waals surface area (Å²) >= 11 is 3.50. The normalized spacial score (nSPS) is 17.8. The number of likely N-dealkylation sites (N-methyl/N-ethyl adjacent to an activating group) is 1. The first-order chi connectivity index (χ1) is 13.2. The van der Waals surface area contributed by atoms with Crippen molar-refractivity contribution in [3.05, 3.63) is 46.9 Å². The van der Waals surface area contributed by atoms with Crippen molar-refractivity contribution in [1.29, 1.82) is 0 Å². The predicted octanol–water partition coefficient (Wildman–Crippen LogP) is 4.57. The zero-order valence-corrected chi connectivity index (χ0v) is 17.2. The van der Waals surface area contributed by atoms with Gasteiger partial charge in [0.05, 0.1) is 7.11 Å². The van der Waals surface area contributed by atoms with Gasteiger partial charge in [0, 0.05) is 33.4 Å². The molecule has 0 saturated carbocycles. The van der Waals surface area contributed by atoms with Crippen molar-refractivity contribution >= 4 is 32.5 Å². The topological polar surface area (TPSA) is 50.3 Å². The average molecular weight is 427 g/mol. The molecule has 1 saturated heterocycles. The monoisotopic (exact) mass is 426 g/mol. The van der Waals surface area contributed by atoms with Crippen LogP contribution in [0, 0.1) is 0 Å². The molecule has 1 fully saturated rings. The summed E-state index contributed by atoms with van der Waals surface area (Å²) in [5, 5.41) is 14.9. The zero-order chi connectivity index (χ0) is 18.8. The number of rotatable bonds is 4. The summed E-state index contributed by atoms with van der Waals surface area (Å²) in [6.45, 7) is 2.19. The first kappa shape index (κ1) is 18.2. The molecular formula is C21H23BrN4O. The fourth-order valence-corrected chi connectivity index (χ4v) is 4.09. The van der Waals surface area contributed by atoms with E-state index in [0.29, 0.717) is 6.04 Å². The van der Waals surface area contributed by atoms with Crippen molar-refractivity contribution in [1.82, 2.24) is 15.1 Å². The third kappa shape index (κ3) is 3.77. The van der Waals surface area contributed by atoms with Crippen LogP contribution in [0.15, 0.2) is 46.9 Å². The first-order valence-corrected chi connectivity index (χ1v) is 9.99. The number of anilines is 1. The Morgan fingerprint density at radius 2 is 1.96 bits per heavy atom. The molecule has 6 heteroatoms. The molecule has 0 bridgehead atoms. The molecular weight excluding hydrogens is 404 g/mol. The minimum absolute atomic E-state index is 0.398. The maximum atomic E-state index is 5.57. The summed E-state index contributed by atoms with van der Waals surface area (Å²) in [6, 6.07) is 14.7. The Hall–Kier alpha value is -2.18. The third-order valence-corrected chi connectivity index (χ3v) is 5.56. The third-order valence-electron chi connectivity index (χ3n) is 5.07. The van der Waals surface area contributed by atoms with Crippen LogP contribution in [0.5, 0.6) is 5.75 Å². The van der Waals surface area contributed by atoms with Gasteiger partial charge in [-0.05, 0) is 44.6 Å². The standard InChI is InChI=1S/C21H23BrN4O/c1-26-11-5-6-15(13-26)23-21-17-8-4-3-7-16(17)20(24-25-21)18-10-9-14(22)12-19(18)27-2/h3-4,7-10,12,15H,5-6,11,13H2,1-2H3,(H,23,25). The Labute approximate surface area is 167 Å². The smallest absolute Gasteiger partial charge is 0.156 e. The molecule has 0 radical (unpaired) electrons. The Morgan fingerprint density at radius 3 is 2.74 bits per heavy atom. The number of aromatic nitrogens is 2. The summed E-state index contributed by atoms with van der Waals surface area (Å²) in [7, 11) is 3.84. The molecule has 4 rings (SSSR count). The van der Waals surface area contributed by atoms with Gasteiger partial charge >= 0.3 is 0 Å². The van der Waals surface area contributed by atoms with Crippen LogP contribution in [0.1, 0.15) is 12.8 Å². The lowest BCUT2D eigenvalue weighted by molar-refractivity contribution is 0.261. The molecule has 140 valence electrons. The van der Waals surface area contributed by atoms with E-state index < -0.39 is 0 Å². The van der Waals surface area contributed by atoms with E-state index in [4.69, 9.17) is 4.74 Å². The molecule has 1 aliphatic heterocycles. The lowest BCUT2D eigenvalue weighted by Crippen LogP contribution is -2.40. The van der Waals surface area contributed by atoms with Crippen molar-refractivity contribution in [3.8, 4) is 17.0 Å². The molecule has 2 heterocycles. The van der Waals surface area contributed by atoms with Gasteiger partial charge in [0.1, 0.15) is 11.4 Å². The fourth-order valence-electron chi connectivity index (χ4n) is 3.75. The summed E-state index contributed by atoms with van der Waals surface area (Å²) in [6.07, 6.45) is 2.36. The molecule has 3 aromatic rings. The van der Waals surface area contributed by atoms with Gasteiger partial charge in [-0.1, -0.05) is 40.2 Å². The van der Waals surface area contributed by atoms with E-state index in [-0.39, 0.29) is 0 Å². The highest BCUT2D eigenvalue weighted by Gasteiger charge is 2.20. The van der Waals surface area contributed by atoms with Crippen LogP contribution in [0.4, 0.5) is 5.82 Å². The number of ether oxygens (including phenoxy) is 1. The largest absolute Gasteiger partial charge is 0.496 e. The molecule has 1 N–H and O–H groups in total. The number of likely N-dealkylation sites (tertiary alicyclic amines) is 1. The molecule has 1 aliphatic rings. The van der Waals surface area contributed by atoms with E-state index in [1.165, 1.54) is 6.42 Å². The molecule has 2 aromatic carbocycles. The second-order valence-corrected chi connectivity index (χ2v) is 7.95. The SMILES string of the molecule is COc1cc(Br)ccc1-c1nnc(NC2CCCN(C)C2)c2ccccc12. The maximum Gasteiger partial charge on any atom is 0.156 e. The Morgan fingerprint density at radius 1 is 1.15 bits per heavy atom. The molecule has 1 unspecified atom stereocenters. The Kier molecular flexibility index (Phi) is 5.27. The lowest BCUT2D eigenvalue weighted by atomic mass is 10.0. The second kappa shape index (κ2) is 7.82. The number of piperidine rings is 1. The molecule has 27 heavy (non-hydrogen) atoms. The quantitative estimate of drug-likeness (QED) is 0.661. The predicted molar refractivity (Wildman–Crippen MR) is 113 cm³/mol. The molecule has 1 atom stereocenters. The first-order valence-electron chi connectivity index (χ1n) is 9.20. The number of nitrogens with zero attached hydrogens (tertiary/aromatic N) is 3. The maximum absolute atomic E-state index is 5.57. The van der Waals surface area contributed by atoms with Crippen LogP contribution < -0.4 is 10.1 Å². The summed E-state index contributed by atoms with van der Waals surface area (Å²) in [4.78, 5) is 2.36. The number of nitrogens with one attached hydrogen (secondary N) is 1. The second-order valence-electron chi connectivity index (χ2n) is 7.03. The van der Waals surface area contributed by atoms with E-state index >= 15 is 0 Å². The van der Waals surface area contributed by atoms with Crippen LogP contribution >= 0.6 is 15.9 Å². The van der Waals surface area contributed by atoms with E-state index in [2.05, 4.69) is 55.5 Å². The van der Waals surface area contributed by atoms with Crippen molar-refractivity contribution in [2.24, 2.45) is 0 Å². The Balaban J connectivity index is 1.77. The van der Waals surface area contributed by atoms with Gasteiger partial charge in [-0.15, -0.1) is 10.2 Å². The van der Waals surface area contributed by atoms with Gasteiger partial charge in [-0.3, -0.25) is 0 Å². The van der Waals surface area contributed by atoms with E-state index in [9.17, 15) is 0 Å². The molecule has 5 nitrogen and oxygen atoms in total. The summed E-state index contributed by atoms with van der Waals surface area (Å²) in [5.74, 6) is 1.63. The highest BCUT2D eigenvalue weighted by atomic mass is 79.9. The van der Waals surface area contributed by atoms with Crippen molar-refractivity contribution in [2.75, 3.05) is 32.6 Å². The van der Waals surface area contributed by atoms with Crippen molar-refractivity contribution < 1.29 is 4.74 Å². The van der Waals surface area contributed by atoms with Gasteiger partial charge in [-0.25, -0.2) is 0 Å². The summed E-state index contributed by atoms with van der Waals surface area (Å²) in [5.41, 5.74) is 1.77. The highest BCUT2D eigenvalue weighted by molar-refractivity contribution is 9.10.